The van der Waals surface area contributed by atoms with Crippen LogP contribution < -0.4 is 5.56 Å². The smallest absolute Gasteiger partial charge is 0.306 e. The standard InChI is InChI=1S/C23H26N2O5/c1-15-12-20(26)22(23(28)25(15)10-5-11-29-2)18(14-21(27)30-3)16-7-8-19-17(13-16)6-4-9-24-19/h4,6-9,12-13,18,26H,5,10-11,14H2,1-3H3. The van der Waals surface area contributed by atoms with Gasteiger partial charge in [-0.15, -0.1) is 0 Å². The van der Waals surface area contributed by atoms with Crippen molar-refractivity contribution in [1.82, 2.24) is 9.55 Å². The highest BCUT2D eigenvalue weighted by atomic mass is 16.5. The third-order valence-electron chi connectivity index (χ3n) is 5.23. The Kier molecular flexibility index (Phi) is 6.84. The average molecular weight is 410 g/mol. The first-order valence-corrected chi connectivity index (χ1v) is 9.80. The molecule has 0 aliphatic heterocycles. The molecule has 0 saturated heterocycles. The van der Waals surface area contributed by atoms with Gasteiger partial charge in [-0.2, -0.15) is 0 Å². The van der Waals surface area contributed by atoms with Crippen molar-refractivity contribution in [2.75, 3.05) is 20.8 Å². The summed E-state index contributed by atoms with van der Waals surface area (Å²) in [6.07, 6.45) is 2.30. The molecule has 0 aliphatic rings. The molecule has 2 aromatic heterocycles. The fourth-order valence-corrected chi connectivity index (χ4v) is 3.69. The van der Waals surface area contributed by atoms with E-state index in [4.69, 9.17) is 9.47 Å². The summed E-state index contributed by atoms with van der Waals surface area (Å²) in [5.74, 6) is -1.24. The highest BCUT2D eigenvalue weighted by Gasteiger charge is 2.26. The summed E-state index contributed by atoms with van der Waals surface area (Å²) in [7, 11) is 2.92. The molecule has 1 N–H and O–H groups in total. The summed E-state index contributed by atoms with van der Waals surface area (Å²) in [5, 5.41) is 11.6. The third kappa shape index (κ3) is 4.52. The minimum absolute atomic E-state index is 0.0633. The number of hydrogen-bond donors (Lipinski definition) is 1. The molecule has 2 heterocycles. The number of aromatic nitrogens is 2. The van der Waals surface area contributed by atoms with E-state index in [0.29, 0.717) is 25.3 Å². The molecule has 3 rings (SSSR count). The van der Waals surface area contributed by atoms with E-state index in [1.807, 2.05) is 30.3 Å². The number of ether oxygens (including phenoxy) is 2. The Bertz CT molecular complexity index is 1110. The molecule has 158 valence electrons. The quantitative estimate of drug-likeness (QED) is 0.453. The van der Waals surface area contributed by atoms with Gasteiger partial charge in [0.15, 0.2) is 0 Å². The van der Waals surface area contributed by atoms with Crippen LogP contribution in [-0.4, -0.2) is 41.5 Å². The van der Waals surface area contributed by atoms with Crippen LogP contribution in [-0.2, 0) is 20.8 Å². The fraction of sp³-hybridized carbons (Fsp3) is 0.348. The number of benzene rings is 1. The molecule has 3 aromatic rings. The van der Waals surface area contributed by atoms with Crippen molar-refractivity contribution in [3.8, 4) is 5.75 Å². The van der Waals surface area contributed by atoms with Crippen molar-refractivity contribution in [3.63, 3.8) is 0 Å². The number of nitrogens with zero attached hydrogens (tertiary/aromatic N) is 2. The topological polar surface area (TPSA) is 90.7 Å². The van der Waals surface area contributed by atoms with E-state index in [9.17, 15) is 14.7 Å². The minimum atomic E-state index is -0.649. The molecule has 1 atom stereocenters. The van der Waals surface area contributed by atoms with Gasteiger partial charge in [0, 0.05) is 43.5 Å². The Morgan fingerprint density at radius 2 is 2.03 bits per heavy atom. The van der Waals surface area contributed by atoms with Gasteiger partial charge in [-0.05, 0) is 43.2 Å². The first-order chi connectivity index (χ1) is 14.5. The number of aryl methyl sites for hydroxylation is 1. The van der Waals surface area contributed by atoms with Gasteiger partial charge in [-0.3, -0.25) is 14.6 Å². The van der Waals surface area contributed by atoms with E-state index in [-0.39, 0.29) is 23.3 Å². The van der Waals surface area contributed by atoms with Gasteiger partial charge in [0.1, 0.15) is 5.75 Å². The molecule has 7 heteroatoms. The number of carbonyl (C=O) groups excluding carboxylic acids is 1. The Hall–Kier alpha value is -3.19. The predicted molar refractivity (Wildman–Crippen MR) is 114 cm³/mol. The third-order valence-corrected chi connectivity index (χ3v) is 5.23. The minimum Gasteiger partial charge on any atom is -0.507 e. The number of methoxy groups -OCH3 is 2. The number of fused-ring (bicyclic) bond motifs is 1. The zero-order valence-electron chi connectivity index (χ0n) is 17.4. The van der Waals surface area contributed by atoms with Crippen LogP contribution in [0.4, 0.5) is 0 Å². The first kappa shape index (κ1) is 21.5. The van der Waals surface area contributed by atoms with E-state index in [1.54, 1.807) is 30.9 Å². The van der Waals surface area contributed by atoms with Crippen molar-refractivity contribution in [3.05, 3.63) is 69.8 Å². The van der Waals surface area contributed by atoms with E-state index < -0.39 is 11.9 Å². The maximum Gasteiger partial charge on any atom is 0.306 e. The fourth-order valence-electron chi connectivity index (χ4n) is 3.69. The molecule has 1 unspecified atom stereocenters. The van der Waals surface area contributed by atoms with Gasteiger partial charge in [-0.25, -0.2) is 0 Å². The molecule has 0 radical (unpaired) electrons. The van der Waals surface area contributed by atoms with Gasteiger partial charge >= 0.3 is 5.97 Å². The predicted octanol–water partition coefficient (Wildman–Crippen LogP) is 3.14. The zero-order chi connectivity index (χ0) is 21.7. The van der Waals surface area contributed by atoms with Crippen LogP contribution in [0.1, 0.15) is 35.6 Å². The van der Waals surface area contributed by atoms with E-state index >= 15 is 0 Å². The van der Waals surface area contributed by atoms with Crippen molar-refractivity contribution in [2.24, 2.45) is 0 Å². The molecule has 1 aromatic carbocycles. The lowest BCUT2D eigenvalue weighted by atomic mass is 9.87. The van der Waals surface area contributed by atoms with Crippen molar-refractivity contribution < 1.29 is 19.4 Å². The van der Waals surface area contributed by atoms with Crippen molar-refractivity contribution in [2.45, 2.75) is 32.2 Å². The van der Waals surface area contributed by atoms with Crippen LogP contribution in [0.3, 0.4) is 0 Å². The molecule has 0 bridgehead atoms. The number of hydrogen-bond acceptors (Lipinski definition) is 6. The highest BCUT2D eigenvalue weighted by Crippen LogP contribution is 2.33. The molecular formula is C23H26N2O5. The SMILES string of the molecule is COCCCn1c(C)cc(O)c(C(CC(=O)OC)c2ccc3ncccc3c2)c1=O. The number of pyridine rings is 2. The lowest BCUT2D eigenvalue weighted by Crippen LogP contribution is -2.29. The summed E-state index contributed by atoms with van der Waals surface area (Å²) in [6, 6.07) is 10.9. The van der Waals surface area contributed by atoms with Crippen LogP contribution in [0, 0.1) is 6.92 Å². The van der Waals surface area contributed by atoms with Crippen LogP contribution >= 0.6 is 0 Å². The van der Waals surface area contributed by atoms with Crippen molar-refractivity contribution >= 4 is 16.9 Å². The molecule has 0 spiro atoms. The number of rotatable bonds is 8. The van der Waals surface area contributed by atoms with Gasteiger partial charge in [0.2, 0.25) is 0 Å². The summed E-state index contributed by atoms with van der Waals surface area (Å²) in [4.78, 5) is 29.8. The molecule has 0 saturated carbocycles. The second-order valence-electron chi connectivity index (χ2n) is 7.18. The maximum absolute atomic E-state index is 13.4. The summed E-state index contributed by atoms with van der Waals surface area (Å²) < 4.78 is 11.6. The normalized spacial score (nSPS) is 12.1. The lowest BCUT2D eigenvalue weighted by molar-refractivity contribution is -0.140. The Balaban J connectivity index is 2.14. The number of carbonyl (C=O) groups is 1. The molecule has 0 fully saturated rings. The van der Waals surface area contributed by atoms with Crippen LogP contribution in [0.15, 0.2) is 47.4 Å². The first-order valence-electron chi connectivity index (χ1n) is 9.80. The van der Waals surface area contributed by atoms with E-state index in [2.05, 4.69) is 4.98 Å². The van der Waals surface area contributed by atoms with Gasteiger partial charge in [0.25, 0.3) is 5.56 Å². The van der Waals surface area contributed by atoms with Gasteiger partial charge in [-0.1, -0.05) is 12.1 Å². The molecule has 0 aliphatic carbocycles. The molecular weight excluding hydrogens is 384 g/mol. The van der Waals surface area contributed by atoms with Gasteiger partial charge < -0.3 is 19.1 Å². The van der Waals surface area contributed by atoms with Crippen molar-refractivity contribution in [1.29, 1.82) is 0 Å². The Labute approximate surface area is 174 Å². The largest absolute Gasteiger partial charge is 0.507 e. The van der Waals surface area contributed by atoms with Crippen LogP contribution in [0.5, 0.6) is 5.75 Å². The Morgan fingerprint density at radius 3 is 2.77 bits per heavy atom. The molecule has 7 nitrogen and oxygen atoms in total. The second-order valence-corrected chi connectivity index (χ2v) is 7.18. The van der Waals surface area contributed by atoms with E-state index in [1.165, 1.54) is 7.11 Å². The Morgan fingerprint density at radius 1 is 1.23 bits per heavy atom. The average Bonchev–Trinajstić information content (AvgIpc) is 2.74. The van der Waals surface area contributed by atoms with Crippen LogP contribution in [0.25, 0.3) is 10.9 Å². The lowest BCUT2D eigenvalue weighted by Gasteiger charge is -2.21. The molecule has 30 heavy (non-hydrogen) atoms. The summed E-state index contributed by atoms with van der Waals surface area (Å²) >= 11 is 0. The summed E-state index contributed by atoms with van der Waals surface area (Å²) in [6.45, 7) is 2.75. The number of aromatic hydroxyl groups is 1. The zero-order valence-corrected chi connectivity index (χ0v) is 17.4. The number of esters is 1. The highest BCUT2D eigenvalue weighted by molar-refractivity contribution is 5.80. The summed E-state index contributed by atoms with van der Waals surface area (Å²) in [5.41, 5.74) is 2.07. The van der Waals surface area contributed by atoms with Gasteiger partial charge in [0.05, 0.1) is 24.6 Å². The maximum atomic E-state index is 13.4. The van der Waals surface area contributed by atoms with Crippen LogP contribution in [0.2, 0.25) is 0 Å². The molecule has 0 amide bonds. The monoisotopic (exact) mass is 410 g/mol. The second kappa shape index (κ2) is 9.54. The van der Waals surface area contributed by atoms with E-state index in [0.717, 1.165) is 16.5 Å².